The highest BCUT2D eigenvalue weighted by Crippen LogP contribution is 2.27. The number of rotatable bonds is 6. The predicted octanol–water partition coefficient (Wildman–Crippen LogP) is 1.83. The fourth-order valence-electron chi connectivity index (χ4n) is 2.30. The Hall–Kier alpha value is -0.550. The van der Waals surface area contributed by atoms with Gasteiger partial charge in [0.25, 0.3) is 0 Å². The third-order valence-corrected chi connectivity index (χ3v) is 5.18. The van der Waals surface area contributed by atoms with Gasteiger partial charge in [-0.1, -0.05) is 30.3 Å². The van der Waals surface area contributed by atoms with Crippen molar-refractivity contribution in [1.29, 1.82) is 0 Å². The monoisotopic (exact) mass is 281 g/mol. The Bertz CT molecular complexity index is 374. The Morgan fingerprint density at radius 2 is 2.16 bits per heavy atom. The van der Waals surface area contributed by atoms with Gasteiger partial charge < -0.3 is 15.6 Å². The van der Waals surface area contributed by atoms with Gasteiger partial charge in [-0.3, -0.25) is 0 Å². The molecule has 2 rings (SSSR count). The molecule has 1 aromatic carbocycles. The second kappa shape index (κ2) is 7.29. The predicted molar refractivity (Wildman–Crippen MR) is 80.4 cm³/mol. The quantitative estimate of drug-likeness (QED) is 0.835. The maximum absolute atomic E-state index is 10.1. The summed E-state index contributed by atoms with van der Waals surface area (Å²) in [5.74, 6) is 0.687. The van der Waals surface area contributed by atoms with Gasteiger partial charge >= 0.3 is 0 Å². The third-order valence-electron chi connectivity index (χ3n) is 3.60. The van der Waals surface area contributed by atoms with Gasteiger partial charge in [0.05, 0.1) is 12.2 Å². The Kier molecular flexibility index (Phi) is 5.70. The molecule has 0 aliphatic carbocycles. The highest BCUT2D eigenvalue weighted by molar-refractivity contribution is 8.00. The van der Waals surface area contributed by atoms with Crippen LogP contribution in [0, 0.1) is 0 Å². The van der Waals surface area contributed by atoms with Gasteiger partial charge in [-0.25, -0.2) is 0 Å². The van der Waals surface area contributed by atoms with Crippen molar-refractivity contribution in [2.75, 3.05) is 12.4 Å². The molecule has 1 heterocycles. The van der Waals surface area contributed by atoms with Gasteiger partial charge in [-0.2, -0.15) is 11.8 Å². The zero-order chi connectivity index (χ0) is 13.7. The molecule has 0 saturated carbocycles. The van der Waals surface area contributed by atoms with Crippen LogP contribution in [0.15, 0.2) is 30.3 Å². The Labute approximate surface area is 119 Å². The van der Waals surface area contributed by atoms with Crippen LogP contribution >= 0.6 is 11.8 Å². The zero-order valence-corrected chi connectivity index (χ0v) is 12.2. The lowest BCUT2D eigenvalue weighted by Gasteiger charge is -2.21. The summed E-state index contributed by atoms with van der Waals surface area (Å²) in [7, 11) is 0. The first-order chi connectivity index (χ1) is 9.16. The SMILES string of the molecule is CC1OCCC1SCC(O)C(N)Cc1ccccc1. The van der Waals surface area contributed by atoms with Crippen molar-refractivity contribution in [3.63, 3.8) is 0 Å². The number of hydrogen-bond donors (Lipinski definition) is 2. The van der Waals surface area contributed by atoms with Crippen LogP contribution in [0.4, 0.5) is 0 Å². The molecule has 106 valence electrons. The fraction of sp³-hybridized carbons (Fsp3) is 0.600. The van der Waals surface area contributed by atoms with E-state index in [1.807, 2.05) is 30.3 Å². The van der Waals surface area contributed by atoms with Crippen LogP contribution in [-0.4, -0.2) is 41.0 Å². The Morgan fingerprint density at radius 3 is 2.79 bits per heavy atom. The van der Waals surface area contributed by atoms with E-state index in [-0.39, 0.29) is 6.04 Å². The summed E-state index contributed by atoms with van der Waals surface area (Å²) < 4.78 is 5.52. The smallest absolute Gasteiger partial charge is 0.0784 e. The molecule has 4 atom stereocenters. The van der Waals surface area contributed by atoms with E-state index in [1.54, 1.807) is 11.8 Å². The molecule has 0 amide bonds. The summed E-state index contributed by atoms with van der Waals surface area (Å²) in [6, 6.07) is 9.89. The maximum Gasteiger partial charge on any atom is 0.0784 e. The zero-order valence-electron chi connectivity index (χ0n) is 11.4. The first-order valence-corrected chi connectivity index (χ1v) is 7.92. The molecule has 0 radical (unpaired) electrons. The van der Waals surface area contributed by atoms with Crippen molar-refractivity contribution < 1.29 is 9.84 Å². The Morgan fingerprint density at radius 1 is 1.42 bits per heavy atom. The molecule has 1 aliphatic heterocycles. The molecule has 1 saturated heterocycles. The average molecular weight is 281 g/mol. The summed E-state index contributed by atoms with van der Waals surface area (Å²) in [5.41, 5.74) is 7.25. The number of nitrogens with two attached hydrogens (primary N) is 1. The van der Waals surface area contributed by atoms with E-state index >= 15 is 0 Å². The largest absolute Gasteiger partial charge is 0.391 e. The second-order valence-electron chi connectivity index (χ2n) is 5.16. The van der Waals surface area contributed by atoms with Crippen molar-refractivity contribution in [3.05, 3.63) is 35.9 Å². The lowest BCUT2D eigenvalue weighted by atomic mass is 10.0. The molecule has 0 bridgehead atoms. The first kappa shape index (κ1) is 14.9. The summed E-state index contributed by atoms with van der Waals surface area (Å²) in [5, 5.41) is 10.6. The highest BCUT2D eigenvalue weighted by atomic mass is 32.2. The number of hydrogen-bond acceptors (Lipinski definition) is 4. The molecule has 1 aliphatic rings. The first-order valence-electron chi connectivity index (χ1n) is 6.87. The normalized spacial score (nSPS) is 26.3. The van der Waals surface area contributed by atoms with Crippen LogP contribution in [0.2, 0.25) is 0 Å². The van der Waals surface area contributed by atoms with E-state index in [9.17, 15) is 5.11 Å². The van der Waals surface area contributed by atoms with Crippen molar-refractivity contribution >= 4 is 11.8 Å². The molecule has 19 heavy (non-hydrogen) atoms. The molecule has 3 N–H and O–H groups in total. The van der Waals surface area contributed by atoms with Crippen LogP contribution in [-0.2, 0) is 11.2 Å². The number of benzene rings is 1. The van der Waals surface area contributed by atoms with Gasteiger partial charge in [0, 0.05) is 23.7 Å². The molecular weight excluding hydrogens is 258 g/mol. The summed E-state index contributed by atoms with van der Waals surface area (Å²) >= 11 is 1.78. The number of ether oxygens (including phenoxy) is 1. The van der Waals surface area contributed by atoms with E-state index in [0.717, 1.165) is 19.4 Å². The summed E-state index contributed by atoms with van der Waals surface area (Å²) in [6.45, 7) is 2.94. The minimum Gasteiger partial charge on any atom is -0.391 e. The van der Waals surface area contributed by atoms with E-state index in [0.29, 0.717) is 17.1 Å². The minimum absolute atomic E-state index is 0.201. The van der Waals surface area contributed by atoms with Crippen molar-refractivity contribution in [2.24, 2.45) is 5.73 Å². The van der Waals surface area contributed by atoms with Crippen LogP contribution in [0.3, 0.4) is 0 Å². The van der Waals surface area contributed by atoms with E-state index in [1.165, 1.54) is 5.56 Å². The molecular formula is C15H23NO2S. The van der Waals surface area contributed by atoms with E-state index < -0.39 is 6.10 Å². The van der Waals surface area contributed by atoms with Gasteiger partial charge in [0.2, 0.25) is 0 Å². The molecule has 1 fully saturated rings. The van der Waals surface area contributed by atoms with Gasteiger partial charge in [-0.05, 0) is 25.3 Å². The summed E-state index contributed by atoms with van der Waals surface area (Å²) in [4.78, 5) is 0. The number of aliphatic hydroxyl groups is 1. The van der Waals surface area contributed by atoms with Crippen molar-refractivity contribution in [3.8, 4) is 0 Å². The highest BCUT2D eigenvalue weighted by Gasteiger charge is 2.26. The molecule has 0 spiro atoms. The molecule has 1 aromatic rings. The molecule has 3 nitrogen and oxygen atoms in total. The van der Waals surface area contributed by atoms with Crippen molar-refractivity contribution in [2.45, 2.75) is 43.3 Å². The number of thioether (sulfide) groups is 1. The van der Waals surface area contributed by atoms with E-state index in [2.05, 4.69) is 6.92 Å². The molecule has 4 heteroatoms. The summed E-state index contributed by atoms with van der Waals surface area (Å²) in [6.07, 6.45) is 1.63. The lowest BCUT2D eigenvalue weighted by Crippen LogP contribution is -2.38. The third kappa shape index (κ3) is 4.49. The molecule has 0 aromatic heterocycles. The molecule has 4 unspecified atom stereocenters. The lowest BCUT2D eigenvalue weighted by molar-refractivity contribution is 0.127. The van der Waals surface area contributed by atoms with Crippen molar-refractivity contribution in [1.82, 2.24) is 0 Å². The van der Waals surface area contributed by atoms with Crippen LogP contribution in [0.1, 0.15) is 18.9 Å². The topological polar surface area (TPSA) is 55.5 Å². The second-order valence-corrected chi connectivity index (χ2v) is 6.43. The Balaban J connectivity index is 1.74. The average Bonchev–Trinajstić information content (AvgIpc) is 2.82. The van der Waals surface area contributed by atoms with Crippen LogP contribution < -0.4 is 5.73 Å². The van der Waals surface area contributed by atoms with Crippen LogP contribution in [0.5, 0.6) is 0 Å². The minimum atomic E-state index is -0.460. The standard InChI is InChI=1S/C15H23NO2S/c1-11-15(7-8-18-11)19-10-14(17)13(16)9-12-5-3-2-4-6-12/h2-6,11,13-15,17H,7-10,16H2,1H3. The van der Waals surface area contributed by atoms with Gasteiger partial charge in [0.1, 0.15) is 0 Å². The van der Waals surface area contributed by atoms with Gasteiger partial charge in [-0.15, -0.1) is 0 Å². The van der Waals surface area contributed by atoms with E-state index in [4.69, 9.17) is 10.5 Å². The van der Waals surface area contributed by atoms with Gasteiger partial charge in [0.15, 0.2) is 0 Å². The maximum atomic E-state index is 10.1. The number of aliphatic hydroxyl groups excluding tert-OH is 1. The fourth-order valence-corrected chi connectivity index (χ4v) is 3.60. The van der Waals surface area contributed by atoms with Crippen LogP contribution in [0.25, 0.3) is 0 Å².